The smallest absolute Gasteiger partial charge is 0.151 e. The summed E-state index contributed by atoms with van der Waals surface area (Å²) in [7, 11) is -2.81. The number of sulfone groups is 1. The number of nitrogens with zero attached hydrogens (tertiary/aromatic N) is 1. The Kier molecular flexibility index (Phi) is 4.40. The Labute approximate surface area is 113 Å². The van der Waals surface area contributed by atoms with Crippen LogP contribution in [0.4, 0.5) is 0 Å². The second-order valence-electron chi connectivity index (χ2n) is 5.29. The number of hydrogen-bond acceptors (Lipinski definition) is 5. The highest BCUT2D eigenvalue weighted by Gasteiger charge is 2.30. The molecule has 0 aromatic carbocycles. The summed E-state index contributed by atoms with van der Waals surface area (Å²) in [6.45, 7) is 6.17. The first-order valence-electron chi connectivity index (χ1n) is 6.32. The molecule has 0 radical (unpaired) electrons. The molecule has 2 heterocycles. The van der Waals surface area contributed by atoms with Crippen LogP contribution < -0.4 is 5.32 Å². The zero-order valence-electron chi connectivity index (χ0n) is 10.8. The van der Waals surface area contributed by atoms with Gasteiger partial charge in [0.05, 0.1) is 16.5 Å². The predicted molar refractivity (Wildman–Crippen MR) is 74.7 cm³/mol. The maximum absolute atomic E-state index is 11.4. The van der Waals surface area contributed by atoms with Gasteiger partial charge in [0.15, 0.2) is 9.84 Å². The molecule has 0 saturated carbocycles. The van der Waals surface area contributed by atoms with Gasteiger partial charge in [-0.25, -0.2) is 13.4 Å². The normalized spacial score (nSPS) is 22.7. The van der Waals surface area contributed by atoms with Crippen LogP contribution in [0.2, 0.25) is 0 Å². The lowest BCUT2D eigenvalue weighted by molar-refractivity contribution is 0.554. The Balaban J connectivity index is 1.90. The van der Waals surface area contributed by atoms with Crippen LogP contribution in [-0.4, -0.2) is 31.5 Å². The van der Waals surface area contributed by atoms with E-state index in [0.29, 0.717) is 11.7 Å². The number of hydrogen-bond donors (Lipinski definition) is 1. The highest BCUT2D eigenvalue weighted by Crippen LogP contribution is 2.31. The van der Waals surface area contributed by atoms with Gasteiger partial charge in [0, 0.05) is 23.5 Å². The molecule has 1 aliphatic rings. The second kappa shape index (κ2) is 5.67. The summed E-state index contributed by atoms with van der Waals surface area (Å²) in [4.78, 5) is 5.57. The molecule has 0 aliphatic carbocycles. The van der Waals surface area contributed by atoms with Crippen LogP contribution in [-0.2, 0) is 16.4 Å². The number of aromatic nitrogens is 1. The highest BCUT2D eigenvalue weighted by molar-refractivity contribution is 7.91. The predicted octanol–water partition coefficient (Wildman–Crippen LogP) is 1.79. The molecule has 1 atom stereocenters. The first-order chi connectivity index (χ1) is 8.46. The van der Waals surface area contributed by atoms with Crippen molar-refractivity contribution < 1.29 is 8.42 Å². The van der Waals surface area contributed by atoms with E-state index in [4.69, 9.17) is 0 Å². The van der Waals surface area contributed by atoms with Crippen molar-refractivity contribution in [2.24, 2.45) is 5.92 Å². The summed E-state index contributed by atoms with van der Waals surface area (Å²) in [5, 5.41) is 4.36. The maximum Gasteiger partial charge on any atom is 0.151 e. The Morgan fingerprint density at radius 3 is 2.94 bits per heavy atom. The Hall–Kier alpha value is -0.460. The van der Waals surface area contributed by atoms with E-state index in [1.165, 1.54) is 4.88 Å². The third-order valence-corrected chi connectivity index (χ3v) is 5.93. The van der Waals surface area contributed by atoms with Crippen LogP contribution in [0.25, 0.3) is 0 Å². The van der Waals surface area contributed by atoms with E-state index >= 15 is 0 Å². The molecule has 1 unspecified atom stereocenters. The lowest BCUT2D eigenvalue weighted by Gasteiger charge is -2.05. The van der Waals surface area contributed by atoms with E-state index in [1.807, 2.05) is 6.20 Å². The van der Waals surface area contributed by atoms with E-state index in [1.54, 1.807) is 11.3 Å². The fourth-order valence-electron chi connectivity index (χ4n) is 2.07. The average Bonchev–Trinajstić information content (AvgIpc) is 2.84. The molecule has 1 aromatic heterocycles. The molecule has 18 heavy (non-hydrogen) atoms. The molecule has 0 spiro atoms. The molecule has 1 aromatic rings. The molecule has 2 rings (SSSR count). The third kappa shape index (κ3) is 3.76. The minimum absolute atomic E-state index is 0.124. The minimum atomic E-state index is -2.81. The molecule has 1 aliphatic heterocycles. The van der Waals surface area contributed by atoms with Gasteiger partial charge in [-0.3, -0.25) is 0 Å². The van der Waals surface area contributed by atoms with E-state index in [2.05, 4.69) is 24.1 Å². The van der Waals surface area contributed by atoms with Gasteiger partial charge in [-0.15, -0.1) is 11.3 Å². The summed E-state index contributed by atoms with van der Waals surface area (Å²) in [5.41, 5.74) is 0. The van der Waals surface area contributed by atoms with Gasteiger partial charge in [-0.1, -0.05) is 13.8 Å². The van der Waals surface area contributed by atoms with Crippen LogP contribution >= 0.6 is 11.3 Å². The Bertz CT molecular complexity index is 494. The summed E-state index contributed by atoms with van der Waals surface area (Å²) in [6, 6.07) is 0. The van der Waals surface area contributed by atoms with Crippen LogP contribution in [0.5, 0.6) is 0 Å². The van der Waals surface area contributed by atoms with Crippen molar-refractivity contribution in [1.29, 1.82) is 0 Å². The molecule has 4 nitrogen and oxygen atoms in total. The molecule has 0 amide bonds. The molecule has 102 valence electrons. The zero-order chi connectivity index (χ0) is 13.2. The minimum Gasteiger partial charge on any atom is -0.312 e. The molecule has 6 heteroatoms. The average molecular weight is 288 g/mol. The standard InChI is InChI=1S/C12H20N2O2S2/c1-9(2)5-13-6-11-7-14-12(17-11)10-3-4-18(15,16)8-10/h7,9-10,13H,3-6,8H2,1-2H3. The number of thiazole rings is 1. The highest BCUT2D eigenvalue weighted by atomic mass is 32.2. The molecular formula is C12H20N2O2S2. The summed E-state index contributed by atoms with van der Waals surface area (Å²) >= 11 is 1.64. The quantitative estimate of drug-likeness (QED) is 0.897. The van der Waals surface area contributed by atoms with E-state index in [-0.39, 0.29) is 11.7 Å². The van der Waals surface area contributed by atoms with Gasteiger partial charge in [0.25, 0.3) is 0 Å². The fraction of sp³-hybridized carbons (Fsp3) is 0.750. The number of rotatable bonds is 5. The van der Waals surface area contributed by atoms with Crippen LogP contribution in [0, 0.1) is 5.92 Å². The van der Waals surface area contributed by atoms with Crippen LogP contribution in [0.3, 0.4) is 0 Å². The fourth-order valence-corrected chi connectivity index (χ4v) is 4.94. The monoisotopic (exact) mass is 288 g/mol. The van der Waals surface area contributed by atoms with E-state index in [9.17, 15) is 8.42 Å². The third-order valence-electron chi connectivity index (χ3n) is 3.00. The van der Waals surface area contributed by atoms with Crippen molar-refractivity contribution in [2.45, 2.75) is 32.7 Å². The van der Waals surface area contributed by atoms with Gasteiger partial charge < -0.3 is 5.32 Å². The lowest BCUT2D eigenvalue weighted by Crippen LogP contribution is -2.18. The molecule has 1 saturated heterocycles. The molecule has 1 N–H and O–H groups in total. The number of nitrogens with one attached hydrogen (secondary N) is 1. The van der Waals surface area contributed by atoms with Gasteiger partial charge in [0.1, 0.15) is 0 Å². The van der Waals surface area contributed by atoms with Crippen molar-refractivity contribution in [2.75, 3.05) is 18.1 Å². The Morgan fingerprint density at radius 2 is 2.33 bits per heavy atom. The topological polar surface area (TPSA) is 59.1 Å². The summed E-state index contributed by atoms with van der Waals surface area (Å²) in [6.07, 6.45) is 2.60. The van der Waals surface area contributed by atoms with Gasteiger partial charge in [-0.05, 0) is 18.9 Å². The van der Waals surface area contributed by atoms with Gasteiger partial charge >= 0.3 is 0 Å². The SMILES string of the molecule is CC(C)CNCc1cnc(C2CCS(=O)(=O)C2)s1. The second-order valence-corrected chi connectivity index (χ2v) is 8.67. The van der Waals surface area contributed by atoms with Crippen molar-refractivity contribution in [3.8, 4) is 0 Å². The largest absolute Gasteiger partial charge is 0.312 e. The van der Waals surface area contributed by atoms with E-state index < -0.39 is 9.84 Å². The van der Waals surface area contributed by atoms with Gasteiger partial charge in [-0.2, -0.15) is 0 Å². The summed E-state index contributed by atoms with van der Waals surface area (Å²) < 4.78 is 22.9. The van der Waals surface area contributed by atoms with Crippen molar-refractivity contribution in [3.05, 3.63) is 16.1 Å². The van der Waals surface area contributed by atoms with Crippen LogP contribution in [0.1, 0.15) is 36.1 Å². The summed E-state index contributed by atoms with van der Waals surface area (Å²) in [5.74, 6) is 1.36. The van der Waals surface area contributed by atoms with Crippen molar-refractivity contribution >= 4 is 21.2 Å². The zero-order valence-corrected chi connectivity index (χ0v) is 12.5. The van der Waals surface area contributed by atoms with Gasteiger partial charge in [0.2, 0.25) is 0 Å². The van der Waals surface area contributed by atoms with Crippen molar-refractivity contribution in [1.82, 2.24) is 10.3 Å². The molecule has 0 bridgehead atoms. The molecule has 1 fully saturated rings. The maximum atomic E-state index is 11.4. The van der Waals surface area contributed by atoms with Crippen molar-refractivity contribution in [3.63, 3.8) is 0 Å². The first-order valence-corrected chi connectivity index (χ1v) is 8.96. The lowest BCUT2D eigenvalue weighted by atomic mass is 10.1. The Morgan fingerprint density at radius 1 is 1.56 bits per heavy atom. The first kappa shape index (κ1) is 14.0. The molecular weight excluding hydrogens is 268 g/mol. The van der Waals surface area contributed by atoms with Crippen LogP contribution in [0.15, 0.2) is 6.20 Å². The van der Waals surface area contributed by atoms with E-state index in [0.717, 1.165) is 24.5 Å².